The van der Waals surface area contributed by atoms with Crippen molar-refractivity contribution >= 4 is 15.9 Å². The number of fused-ring (bicyclic) bond motifs is 1. The van der Waals surface area contributed by atoms with Gasteiger partial charge in [0.15, 0.2) is 4.60 Å². The summed E-state index contributed by atoms with van der Waals surface area (Å²) in [6.45, 7) is 3.18. The molecule has 1 N–H and O–H groups in total. The standard InChI is InChI=1S/C13H21BrN4/c1-3-15-11(12-13(14)16-17-18(12)2)10-8-6-4-5-7-9(8)10/h8-11,15H,3-7H2,1-2H3. The van der Waals surface area contributed by atoms with E-state index >= 15 is 0 Å². The highest BCUT2D eigenvalue weighted by atomic mass is 79.9. The third kappa shape index (κ3) is 2.01. The SMILES string of the molecule is CCNC(c1c(Br)nnn1C)C1C2CCCCC21. The van der Waals surface area contributed by atoms with Crippen LogP contribution in [0, 0.1) is 17.8 Å². The molecule has 2 aliphatic carbocycles. The van der Waals surface area contributed by atoms with Gasteiger partial charge in [0.05, 0.1) is 11.7 Å². The van der Waals surface area contributed by atoms with Crippen LogP contribution in [0.15, 0.2) is 4.60 Å². The number of nitrogens with zero attached hydrogens (tertiary/aromatic N) is 3. The highest BCUT2D eigenvalue weighted by molar-refractivity contribution is 9.10. The lowest BCUT2D eigenvalue weighted by atomic mass is 10.0. The Morgan fingerprint density at radius 2 is 2.06 bits per heavy atom. The van der Waals surface area contributed by atoms with Gasteiger partial charge < -0.3 is 5.32 Å². The molecule has 0 saturated heterocycles. The summed E-state index contributed by atoms with van der Waals surface area (Å²) < 4.78 is 2.82. The van der Waals surface area contributed by atoms with Gasteiger partial charge in [-0.3, -0.25) is 0 Å². The van der Waals surface area contributed by atoms with E-state index in [4.69, 9.17) is 0 Å². The van der Waals surface area contributed by atoms with E-state index in [2.05, 4.69) is 38.5 Å². The van der Waals surface area contributed by atoms with Crippen molar-refractivity contribution in [1.82, 2.24) is 20.3 Å². The molecule has 3 unspecified atom stereocenters. The summed E-state index contributed by atoms with van der Waals surface area (Å²) in [5, 5.41) is 11.9. The monoisotopic (exact) mass is 312 g/mol. The van der Waals surface area contributed by atoms with Crippen molar-refractivity contribution in [2.24, 2.45) is 24.8 Å². The highest BCUT2D eigenvalue weighted by Crippen LogP contribution is 2.60. The second kappa shape index (κ2) is 4.93. The van der Waals surface area contributed by atoms with Crippen LogP contribution in [0.25, 0.3) is 0 Å². The summed E-state index contributed by atoms with van der Waals surface area (Å²) in [5.41, 5.74) is 1.22. The molecular formula is C13H21BrN4. The van der Waals surface area contributed by atoms with Gasteiger partial charge in [-0.2, -0.15) is 0 Å². The van der Waals surface area contributed by atoms with Crippen molar-refractivity contribution in [3.8, 4) is 0 Å². The number of aryl methyl sites for hydroxylation is 1. The first-order valence-corrected chi connectivity index (χ1v) is 7.81. The molecule has 100 valence electrons. The molecule has 1 heterocycles. The smallest absolute Gasteiger partial charge is 0.153 e. The zero-order valence-corrected chi connectivity index (χ0v) is 12.7. The van der Waals surface area contributed by atoms with Crippen molar-refractivity contribution in [2.75, 3.05) is 6.54 Å². The van der Waals surface area contributed by atoms with Crippen LogP contribution < -0.4 is 5.32 Å². The van der Waals surface area contributed by atoms with Gasteiger partial charge >= 0.3 is 0 Å². The Hall–Kier alpha value is -0.420. The Bertz CT molecular complexity index is 399. The number of aromatic nitrogens is 3. The quantitative estimate of drug-likeness (QED) is 0.929. The van der Waals surface area contributed by atoms with Crippen LogP contribution >= 0.6 is 15.9 Å². The van der Waals surface area contributed by atoms with Gasteiger partial charge in [-0.25, -0.2) is 4.68 Å². The van der Waals surface area contributed by atoms with Gasteiger partial charge in [0.2, 0.25) is 0 Å². The molecule has 0 aromatic carbocycles. The minimum absolute atomic E-state index is 0.414. The van der Waals surface area contributed by atoms with Crippen LogP contribution in [0.5, 0.6) is 0 Å². The molecule has 5 heteroatoms. The maximum Gasteiger partial charge on any atom is 0.153 e. The summed E-state index contributed by atoms with van der Waals surface area (Å²) in [6.07, 6.45) is 5.67. The predicted molar refractivity (Wildman–Crippen MR) is 74.1 cm³/mol. The Morgan fingerprint density at radius 3 is 2.56 bits per heavy atom. The van der Waals surface area contributed by atoms with E-state index in [0.29, 0.717) is 6.04 Å². The lowest BCUT2D eigenvalue weighted by Crippen LogP contribution is -2.26. The largest absolute Gasteiger partial charge is 0.309 e. The van der Waals surface area contributed by atoms with Crippen molar-refractivity contribution in [3.63, 3.8) is 0 Å². The number of hydrogen-bond donors (Lipinski definition) is 1. The third-order valence-electron chi connectivity index (χ3n) is 4.65. The molecule has 2 fully saturated rings. The molecule has 0 spiro atoms. The van der Waals surface area contributed by atoms with Gasteiger partial charge in [-0.1, -0.05) is 25.0 Å². The maximum absolute atomic E-state index is 4.14. The number of nitrogens with one attached hydrogen (secondary N) is 1. The molecular weight excluding hydrogens is 292 g/mol. The van der Waals surface area contributed by atoms with Crippen molar-refractivity contribution < 1.29 is 0 Å². The van der Waals surface area contributed by atoms with Gasteiger partial charge in [0.1, 0.15) is 0 Å². The molecule has 0 amide bonds. The topological polar surface area (TPSA) is 42.7 Å². The summed E-state index contributed by atoms with van der Waals surface area (Å²) >= 11 is 3.55. The van der Waals surface area contributed by atoms with Crippen LogP contribution in [-0.4, -0.2) is 21.5 Å². The molecule has 2 aliphatic rings. The first-order valence-electron chi connectivity index (χ1n) is 7.02. The van der Waals surface area contributed by atoms with Crippen LogP contribution in [0.4, 0.5) is 0 Å². The molecule has 3 atom stereocenters. The molecule has 2 saturated carbocycles. The van der Waals surface area contributed by atoms with Crippen LogP contribution in [0.3, 0.4) is 0 Å². The van der Waals surface area contributed by atoms with Gasteiger partial charge in [-0.05, 0) is 53.1 Å². The summed E-state index contributed by atoms with van der Waals surface area (Å²) in [4.78, 5) is 0. The fraction of sp³-hybridized carbons (Fsp3) is 0.846. The maximum atomic E-state index is 4.14. The summed E-state index contributed by atoms with van der Waals surface area (Å²) in [5.74, 6) is 2.66. The van der Waals surface area contributed by atoms with Crippen molar-refractivity contribution in [2.45, 2.75) is 38.6 Å². The van der Waals surface area contributed by atoms with E-state index in [1.165, 1.54) is 31.4 Å². The van der Waals surface area contributed by atoms with Crippen molar-refractivity contribution in [1.29, 1.82) is 0 Å². The van der Waals surface area contributed by atoms with Crippen molar-refractivity contribution in [3.05, 3.63) is 10.3 Å². The minimum atomic E-state index is 0.414. The molecule has 0 aliphatic heterocycles. The predicted octanol–water partition coefficient (Wildman–Crippen LogP) is 2.66. The van der Waals surface area contributed by atoms with E-state index in [1.807, 2.05) is 11.7 Å². The summed E-state index contributed by atoms with van der Waals surface area (Å²) in [6, 6.07) is 0.414. The molecule has 0 bridgehead atoms. The number of hydrogen-bond acceptors (Lipinski definition) is 3. The Balaban J connectivity index is 1.85. The first-order chi connectivity index (χ1) is 8.74. The third-order valence-corrected chi connectivity index (χ3v) is 5.22. The normalized spacial score (nSPS) is 32.1. The lowest BCUT2D eigenvalue weighted by Gasteiger charge is -2.18. The second-order valence-corrected chi connectivity index (χ2v) is 6.37. The molecule has 3 rings (SSSR count). The fourth-order valence-corrected chi connectivity index (χ4v) is 4.42. The zero-order chi connectivity index (χ0) is 12.7. The number of halogens is 1. The van der Waals surface area contributed by atoms with E-state index in [9.17, 15) is 0 Å². The van der Waals surface area contributed by atoms with Gasteiger partial charge in [0.25, 0.3) is 0 Å². The van der Waals surface area contributed by atoms with Crippen LogP contribution in [-0.2, 0) is 7.05 Å². The first kappa shape index (κ1) is 12.6. The van der Waals surface area contributed by atoms with Gasteiger partial charge in [0, 0.05) is 7.05 Å². The molecule has 4 nitrogen and oxygen atoms in total. The van der Waals surface area contributed by atoms with E-state index in [0.717, 1.165) is 28.9 Å². The zero-order valence-electron chi connectivity index (χ0n) is 11.1. The van der Waals surface area contributed by atoms with Crippen LogP contribution in [0.1, 0.15) is 44.3 Å². The minimum Gasteiger partial charge on any atom is -0.309 e. The average Bonchev–Trinajstić information content (AvgIpc) is 3.00. The second-order valence-electron chi connectivity index (χ2n) is 5.61. The Morgan fingerprint density at radius 1 is 1.39 bits per heavy atom. The summed E-state index contributed by atoms with van der Waals surface area (Å²) in [7, 11) is 1.99. The van der Waals surface area contributed by atoms with Crippen LogP contribution in [0.2, 0.25) is 0 Å². The molecule has 18 heavy (non-hydrogen) atoms. The van der Waals surface area contributed by atoms with Gasteiger partial charge in [-0.15, -0.1) is 5.10 Å². The molecule has 0 radical (unpaired) electrons. The van der Waals surface area contributed by atoms with E-state index < -0.39 is 0 Å². The Labute approximate surface area is 117 Å². The lowest BCUT2D eigenvalue weighted by molar-refractivity contribution is 0.428. The van der Waals surface area contributed by atoms with E-state index in [1.54, 1.807) is 0 Å². The number of rotatable bonds is 4. The molecule has 1 aromatic heterocycles. The highest BCUT2D eigenvalue weighted by Gasteiger charge is 2.55. The fourth-order valence-electron chi connectivity index (χ4n) is 3.85. The Kier molecular flexibility index (Phi) is 3.45. The average molecular weight is 313 g/mol. The van der Waals surface area contributed by atoms with E-state index in [-0.39, 0.29) is 0 Å². The molecule has 1 aromatic rings.